The Hall–Kier alpha value is -0.430. The number of halogens is 3. The molecule has 0 aliphatic heterocycles. The summed E-state index contributed by atoms with van der Waals surface area (Å²) in [6.07, 6.45) is -0.0448. The van der Waals surface area contributed by atoms with Crippen molar-refractivity contribution >= 4 is 17.7 Å². The third-order valence-electron chi connectivity index (χ3n) is 1.20. The second kappa shape index (κ2) is 5.33. The Kier molecular flexibility index (Phi) is 5.16. The maximum absolute atomic E-state index is 11.6. The molecule has 0 amide bonds. The highest BCUT2D eigenvalue weighted by molar-refractivity contribution is 8.00. The van der Waals surface area contributed by atoms with Crippen molar-refractivity contribution in [2.75, 3.05) is 12.9 Å². The van der Waals surface area contributed by atoms with E-state index in [0.29, 0.717) is 0 Å². The first kappa shape index (κ1) is 12.6. The number of alkyl halides is 3. The molecule has 0 aliphatic rings. The highest BCUT2D eigenvalue weighted by atomic mass is 32.2. The van der Waals surface area contributed by atoms with Crippen LogP contribution in [0.25, 0.3) is 0 Å². The summed E-state index contributed by atoms with van der Waals surface area (Å²) < 4.78 is 39.0. The van der Waals surface area contributed by atoms with E-state index in [2.05, 4.69) is 4.74 Å². The van der Waals surface area contributed by atoms with Gasteiger partial charge in [-0.15, -0.1) is 0 Å². The number of thioether (sulfide) groups is 1. The summed E-state index contributed by atoms with van der Waals surface area (Å²) in [6, 6.07) is -0.972. The average molecular weight is 217 g/mol. The Morgan fingerprint density at radius 1 is 1.62 bits per heavy atom. The molecule has 3 nitrogen and oxygen atoms in total. The van der Waals surface area contributed by atoms with Gasteiger partial charge in [-0.25, -0.2) is 0 Å². The fourth-order valence-electron chi connectivity index (χ4n) is 0.571. The van der Waals surface area contributed by atoms with Gasteiger partial charge in [0.1, 0.15) is 6.04 Å². The van der Waals surface area contributed by atoms with Crippen LogP contribution in [-0.2, 0) is 9.53 Å². The largest absolute Gasteiger partial charge is 0.468 e. The van der Waals surface area contributed by atoms with E-state index in [1.807, 2.05) is 0 Å². The molecule has 0 saturated carbocycles. The summed E-state index contributed by atoms with van der Waals surface area (Å²) in [5.41, 5.74) is 0.934. The Morgan fingerprint density at radius 2 is 2.15 bits per heavy atom. The number of methoxy groups -OCH3 is 1. The van der Waals surface area contributed by atoms with Crippen molar-refractivity contribution in [1.29, 1.82) is 0 Å². The fourth-order valence-corrected chi connectivity index (χ4v) is 1.17. The number of esters is 1. The number of carbonyl (C=O) groups is 1. The maximum atomic E-state index is 11.6. The van der Waals surface area contributed by atoms with Crippen LogP contribution in [0, 0.1) is 0 Å². The lowest BCUT2D eigenvalue weighted by atomic mass is 10.2. The van der Waals surface area contributed by atoms with Crippen LogP contribution in [0.3, 0.4) is 0 Å². The number of hydrogen-bond acceptors (Lipinski definition) is 4. The molecule has 0 radical (unpaired) electrons. The minimum Gasteiger partial charge on any atom is -0.468 e. The number of ether oxygens (including phenoxy) is 1. The van der Waals surface area contributed by atoms with Crippen LogP contribution in [0.5, 0.6) is 0 Å². The number of rotatable bonds is 4. The zero-order chi connectivity index (χ0) is 10.5. The molecule has 78 valence electrons. The van der Waals surface area contributed by atoms with Gasteiger partial charge in [0.2, 0.25) is 0 Å². The van der Waals surface area contributed by atoms with Crippen LogP contribution in [0.15, 0.2) is 0 Å². The number of hydrogen-bond donors (Lipinski definition) is 1. The van der Waals surface area contributed by atoms with E-state index in [1.165, 1.54) is 0 Å². The van der Waals surface area contributed by atoms with Gasteiger partial charge in [-0.05, 0) is 6.42 Å². The predicted molar refractivity (Wildman–Crippen MR) is 43.1 cm³/mol. The summed E-state index contributed by atoms with van der Waals surface area (Å²) in [7, 11) is 1.14. The van der Waals surface area contributed by atoms with Crippen molar-refractivity contribution in [3.8, 4) is 0 Å². The monoisotopic (exact) mass is 217 g/mol. The molecule has 0 aromatic rings. The zero-order valence-electron chi connectivity index (χ0n) is 6.93. The van der Waals surface area contributed by atoms with Gasteiger partial charge in [0, 0.05) is 5.75 Å². The molecular formula is C6H10F3NO2S. The molecule has 0 spiro atoms. The molecule has 0 fully saturated rings. The predicted octanol–water partition coefficient (Wildman–Crippen LogP) is 1.13. The SMILES string of the molecule is COC(=O)[C@@H](N)CCSC(F)(F)F. The van der Waals surface area contributed by atoms with Crippen LogP contribution in [-0.4, -0.2) is 30.4 Å². The molecule has 0 aliphatic carbocycles. The first-order valence-corrected chi connectivity index (χ1v) is 4.39. The fraction of sp³-hybridized carbons (Fsp3) is 0.833. The van der Waals surface area contributed by atoms with E-state index >= 15 is 0 Å². The molecule has 7 heteroatoms. The second-order valence-corrected chi connectivity index (χ2v) is 3.37. The molecule has 2 N–H and O–H groups in total. The third kappa shape index (κ3) is 6.71. The molecule has 0 bridgehead atoms. The lowest BCUT2D eigenvalue weighted by Gasteiger charge is -2.09. The van der Waals surface area contributed by atoms with Crippen molar-refractivity contribution in [1.82, 2.24) is 0 Å². The minimum absolute atomic E-state index is 0.0448. The van der Waals surface area contributed by atoms with Gasteiger partial charge < -0.3 is 10.5 Å². The van der Waals surface area contributed by atoms with Gasteiger partial charge in [-0.1, -0.05) is 11.8 Å². The van der Waals surface area contributed by atoms with Gasteiger partial charge >= 0.3 is 11.5 Å². The summed E-state index contributed by atoms with van der Waals surface area (Å²) in [5.74, 6) is -0.928. The zero-order valence-corrected chi connectivity index (χ0v) is 7.74. The molecule has 0 heterocycles. The normalized spacial score (nSPS) is 13.9. The topological polar surface area (TPSA) is 52.3 Å². The number of carbonyl (C=O) groups excluding carboxylic acids is 1. The van der Waals surface area contributed by atoms with Gasteiger partial charge in [0.05, 0.1) is 7.11 Å². The first-order valence-electron chi connectivity index (χ1n) is 3.41. The Balaban J connectivity index is 3.59. The number of nitrogens with two attached hydrogens (primary N) is 1. The third-order valence-corrected chi connectivity index (χ3v) is 1.97. The molecule has 0 aromatic carbocycles. The smallest absolute Gasteiger partial charge is 0.441 e. The van der Waals surface area contributed by atoms with E-state index in [1.54, 1.807) is 0 Å². The first-order chi connectivity index (χ1) is 5.87. The molecule has 0 unspecified atom stereocenters. The molecule has 0 rings (SSSR count). The van der Waals surface area contributed by atoms with Crippen LogP contribution in [0.4, 0.5) is 13.2 Å². The highest BCUT2D eigenvalue weighted by Crippen LogP contribution is 2.30. The molecular weight excluding hydrogens is 207 g/mol. The van der Waals surface area contributed by atoms with E-state index in [0.717, 1.165) is 7.11 Å². The van der Waals surface area contributed by atoms with E-state index in [9.17, 15) is 18.0 Å². The summed E-state index contributed by atoms with van der Waals surface area (Å²) in [5, 5.41) is 0. The maximum Gasteiger partial charge on any atom is 0.441 e. The Bertz CT molecular complexity index is 174. The summed E-state index contributed by atoms with van der Waals surface area (Å²) in [6.45, 7) is 0. The minimum atomic E-state index is -4.27. The van der Waals surface area contributed by atoms with Crippen molar-refractivity contribution < 1.29 is 22.7 Å². The van der Waals surface area contributed by atoms with Crippen LogP contribution >= 0.6 is 11.8 Å². The molecule has 13 heavy (non-hydrogen) atoms. The van der Waals surface area contributed by atoms with Crippen molar-refractivity contribution in [3.63, 3.8) is 0 Å². The summed E-state index contributed by atoms with van der Waals surface area (Å²) in [4.78, 5) is 10.6. The van der Waals surface area contributed by atoms with Gasteiger partial charge in [-0.3, -0.25) is 4.79 Å². The quantitative estimate of drug-likeness (QED) is 0.717. The second-order valence-electron chi connectivity index (χ2n) is 2.21. The molecule has 0 aromatic heterocycles. The van der Waals surface area contributed by atoms with Crippen molar-refractivity contribution in [2.24, 2.45) is 5.73 Å². The van der Waals surface area contributed by atoms with E-state index in [-0.39, 0.29) is 23.9 Å². The standard InChI is InChI=1S/C6H10F3NO2S/c1-12-5(11)4(10)2-3-13-6(7,8)9/h4H,2-3,10H2,1H3/t4-/m0/s1. The molecule has 1 atom stereocenters. The Morgan fingerprint density at radius 3 is 2.54 bits per heavy atom. The highest BCUT2D eigenvalue weighted by Gasteiger charge is 2.28. The lowest BCUT2D eigenvalue weighted by molar-refractivity contribution is -0.142. The van der Waals surface area contributed by atoms with Gasteiger partial charge in [0.25, 0.3) is 0 Å². The average Bonchev–Trinajstić information content (AvgIpc) is 2.00. The van der Waals surface area contributed by atoms with Gasteiger partial charge in [0.15, 0.2) is 0 Å². The van der Waals surface area contributed by atoms with Crippen LogP contribution in [0.2, 0.25) is 0 Å². The van der Waals surface area contributed by atoms with E-state index in [4.69, 9.17) is 5.73 Å². The lowest BCUT2D eigenvalue weighted by Crippen LogP contribution is -2.32. The van der Waals surface area contributed by atoms with Crippen LogP contribution < -0.4 is 5.73 Å². The van der Waals surface area contributed by atoms with Crippen molar-refractivity contribution in [3.05, 3.63) is 0 Å². The van der Waals surface area contributed by atoms with Crippen molar-refractivity contribution in [2.45, 2.75) is 18.0 Å². The summed E-state index contributed by atoms with van der Waals surface area (Å²) >= 11 is -0.198. The Labute approximate surface area is 77.8 Å². The van der Waals surface area contributed by atoms with E-state index < -0.39 is 17.5 Å². The van der Waals surface area contributed by atoms with Gasteiger partial charge in [-0.2, -0.15) is 13.2 Å². The van der Waals surface area contributed by atoms with Crippen LogP contribution in [0.1, 0.15) is 6.42 Å². The molecule has 0 saturated heterocycles.